The molecule has 0 heterocycles. The van der Waals surface area contributed by atoms with Gasteiger partial charge in [0.2, 0.25) is 0 Å². The summed E-state index contributed by atoms with van der Waals surface area (Å²) >= 11 is 4.83. The molecule has 2 aromatic carbocycles. The van der Waals surface area contributed by atoms with E-state index in [-0.39, 0.29) is 10.8 Å². The first-order valence-corrected chi connectivity index (χ1v) is 6.52. The predicted molar refractivity (Wildman–Crippen MR) is 86.3 cm³/mol. The average molecular weight is 289 g/mol. The molecule has 0 bridgehead atoms. The molecule has 104 valence electrons. The summed E-state index contributed by atoms with van der Waals surface area (Å²) in [5, 5.41) is 3.09. The van der Waals surface area contributed by atoms with Gasteiger partial charge in [0.05, 0.1) is 17.1 Å². The smallest absolute Gasteiger partial charge is 0.147 e. The highest BCUT2D eigenvalue weighted by Gasteiger charge is 2.08. The number of nitrogens with two attached hydrogens (primary N) is 1. The van der Waals surface area contributed by atoms with Crippen LogP contribution in [0.15, 0.2) is 42.5 Å². The molecule has 0 radical (unpaired) electrons. The van der Waals surface area contributed by atoms with Gasteiger partial charge in [0.1, 0.15) is 10.8 Å². The van der Waals surface area contributed by atoms with Gasteiger partial charge in [-0.05, 0) is 30.3 Å². The van der Waals surface area contributed by atoms with Crippen molar-refractivity contribution in [2.75, 3.05) is 24.3 Å². The molecule has 0 aromatic heterocycles. The van der Waals surface area contributed by atoms with Crippen LogP contribution in [-0.2, 0) is 0 Å². The molecule has 0 atom stereocenters. The Bertz CT molecular complexity index is 641. The van der Waals surface area contributed by atoms with E-state index in [1.165, 1.54) is 6.07 Å². The van der Waals surface area contributed by atoms with Crippen molar-refractivity contribution in [2.24, 2.45) is 5.73 Å². The lowest BCUT2D eigenvalue weighted by molar-refractivity contribution is 0.631. The Balaban J connectivity index is 2.33. The lowest BCUT2D eigenvalue weighted by Crippen LogP contribution is -2.12. The van der Waals surface area contributed by atoms with Gasteiger partial charge in [-0.2, -0.15) is 0 Å². The molecular formula is C15H16FN3S. The Labute approximate surface area is 123 Å². The molecule has 0 unspecified atom stereocenters. The summed E-state index contributed by atoms with van der Waals surface area (Å²) in [5.74, 6) is -0.385. The number of hydrogen-bond donors (Lipinski definition) is 2. The van der Waals surface area contributed by atoms with Gasteiger partial charge in [-0.1, -0.05) is 24.4 Å². The first-order chi connectivity index (χ1) is 9.49. The van der Waals surface area contributed by atoms with Crippen LogP contribution in [0.25, 0.3) is 0 Å². The molecule has 3 N–H and O–H groups in total. The van der Waals surface area contributed by atoms with E-state index in [9.17, 15) is 4.39 Å². The zero-order valence-corrected chi connectivity index (χ0v) is 12.2. The van der Waals surface area contributed by atoms with Gasteiger partial charge in [0.25, 0.3) is 0 Å². The van der Waals surface area contributed by atoms with Gasteiger partial charge in [-0.15, -0.1) is 0 Å². The molecule has 0 amide bonds. The van der Waals surface area contributed by atoms with Crippen molar-refractivity contribution in [1.82, 2.24) is 0 Å². The number of para-hydroxylation sites is 2. The third-order valence-corrected chi connectivity index (χ3v) is 3.14. The van der Waals surface area contributed by atoms with E-state index in [4.69, 9.17) is 18.0 Å². The number of benzene rings is 2. The second-order valence-corrected chi connectivity index (χ2v) is 5.04. The molecule has 0 saturated carbocycles. The van der Waals surface area contributed by atoms with Crippen LogP contribution in [0, 0.1) is 5.82 Å². The van der Waals surface area contributed by atoms with Crippen LogP contribution in [-0.4, -0.2) is 19.1 Å². The Kier molecular flexibility index (Phi) is 4.20. The SMILES string of the molecule is CN(C)c1ccccc1Nc1ccc(C(N)=S)cc1F. The second-order valence-electron chi connectivity index (χ2n) is 4.60. The molecule has 0 aliphatic carbocycles. The maximum atomic E-state index is 14.0. The zero-order chi connectivity index (χ0) is 14.7. The van der Waals surface area contributed by atoms with Crippen molar-refractivity contribution in [3.8, 4) is 0 Å². The standard InChI is InChI=1S/C15H16FN3S/c1-19(2)14-6-4-3-5-13(14)18-12-8-7-10(15(17)20)9-11(12)16/h3-9,18H,1-2H3,(H2,17,20). The van der Waals surface area contributed by atoms with E-state index in [1.807, 2.05) is 43.3 Å². The Hall–Kier alpha value is -2.14. The van der Waals surface area contributed by atoms with Crippen LogP contribution in [0.5, 0.6) is 0 Å². The number of nitrogens with one attached hydrogen (secondary N) is 1. The quantitative estimate of drug-likeness (QED) is 0.848. The van der Waals surface area contributed by atoms with Crippen molar-refractivity contribution in [3.05, 3.63) is 53.8 Å². The lowest BCUT2D eigenvalue weighted by atomic mass is 10.2. The molecule has 0 aliphatic heterocycles. The predicted octanol–water partition coefficient (Wildman–Crippen LogP) is 3.27. The number of rotatable bonds is 4. The third-order valence-electron chi connectivity index (χ3n) is 2.91. The van der Waals surface area contributed by atoms with Gasteiger partial charge >= 0.3 is 0 Å². The van der Waals surface area contributed by atoms with E-state index >= 15 is 0 Å². The fourth-order valence-electron chi connectivity index (χ4n) is 1.88. The van der Waals surface area contributed by atoms with Crippen LogP contribution >= 0.6 is 12.2 Å². The minimum Gasteiger partial charge on any atom is -0.389 e. The van der Waals surface area contributed by atoms with Crippen molar-refractivity contribution >= 4 is 34.3 Å². The normalized spacial score (nSPS) is 10.2. The van der Waals surface area contributed by atoms with Gasteiger partial charge in [0, 0.05) is 19.7 Å². The molecule has 0 saturated heterocycles. The van der Waals surface area contributed by atoms with Gasteiger partial charge in [0.15, 0.2) is 0 Å². The average Bonchev–Trinajstić information content (AvgIpc) is 2.41. The number of hydrogen-bond acceptors (Lipinski definition) is 3. The first kappa shape index (κ1) is 14.3. The van der Waals surface area contributed by atoms with Crippen LogP contribution in [0.1, 0.15) is 5.56 Å². The van der Waals surface area contributed by atoms with E-state index < -0.39 is 0 Å². The number of nitrogens with zero attached hydrogens (tertiary/aromatic N) is 1. The van der Waals surface area contributed by atoms with E-state index in [0.717, 1.165) is 11.4 Å². The van der Waals surface area contributed by atoms with E-state index in [0.29, 0.717) is 11.3 Å². The van der Waals surface area contributed by atoms with Crippen molar-refractivity contribution in [3.63, 3.8) is 0 Å². The summed E-state index contributed by atoms with van der Waals surface area (Å²) in [7, 11) is 3.87. The zero-order valence-electron chi connectivity index (χ0n) is 11.4. The summed E-state index contributed by atoms with van der Waals surface area (Å²) in [6, 6.07) is 12.4. The summed E-state index contributed by atoms with van der Waals surface area (Å²) < 4.78 is 14.0. The molecule has 20 heavy (non-hydrogen) atoms. The highest BCUT2D eigenvalue weighted by atomic mass is 32.1. The Morgan fingerprint density at radius 1 is 1.15 bits per heavy atom. The minimum absolute atomic E-state index is 0.184. The first-order valence-electron chi connectivity index (χ1n) is 6.12. The fraction of sp³-hybridized carbons (Fsp3) is 0.133. The summed E-state index contributed by atoms with van der Waals surface area (Å²) in [5.41, 5.74) is 8.20. The van der Waals surface area contributed by atoms with Gasteiger partial charge < -0.3 is 16.0 Å². The molecule has 2 rings (SSSR count). The molecule has 5 heteroatoms. The van der Waals surface area contributed by atoms with Crippen LogP contribution in [0.4, 0.5) is 21.5 Å². The number of halogens is 1. The second kappa shape index (κ2) is 5.88. The van der Waals surface area contributed by atoms with E-state index in [2.05, 4.69) is 5.32 Å². The summed E-state index contributed by atoms with van der Waals surface area (Å²) in [6.45, 7) is 0. The highest BCUT2D eigenvalue weighted by Crippen LogP contribution is 2.28. The molecule has 2 aromatic rings. The lowest BCUT2D eigenvalue weighted by Gasteiger charge is -2.18. The van der Waals surface area contributed by atoms with Crippen LogP contribution < -0.4 is 16.0 Å². The highest BCUT2D eigenvalue weighted by molar-refractivity contribution is 7.80. The fourth-order valence-corrected chi connectivity index (χ4v) is 2.01. The molecular weight excluding hydrogens is 273 g/mol. The van der Waals surface area contributed by atoms with Crippen molar-refractivity contribution in [2.45, 2.75) is 0 Å². The van der Waals surface area contributed by atoms with Crippen LogP contribution in [0.2, 0.25) is 0 Å². The number of anilines is 3. The maximum Gasteiger partial charge on any atom is 0.147 e. The molecule has 0 fully saturated rings. The topological polar surface area (TPSA) is 41.3 Å². The summed E-state index contributed by atoms with van der Waals surface area (Å²) in [4.78, 5) is 2.15. The van der Waals surface area contributed by atoms with Crippen molar-refractivity contribution < 1.29 is 4.39 Å². The Morgan fingerprint density at radius 2 is 1.85 bits per heavy atom. The largest absolute Gasteiger partial charge is 0.389 e. The van der Waals surface area contributed by atoms with Gasteiger partial charge in [-0.25, -0.2) is 4.39 Å². The summed E-state index contributed by atoms with van der Waals surface area (Å²) in [6.07, 6.45) is 0. The van der Waals surface area contributed by atoms with E-state index in [1.54, 1.807) is 12.1 Å². The van der Waals surface area contributed by atoms with Crippen LogP contribution in [0.3, 0.4) is 0 Å². The van der Waals surface area contributed by atoms with Crippen molar-refractivity contribution in [1.29, 1.82) is 0 Å². The monoisotopic (exact) mass is 289 g/mol. The number of thiocarbonyl (C=S) groups is 1. The minimum atomic E-state index is -0.385. The third kappa shape index (κ3) is 3.05. The van der Waals surface area contributed by atoms with Gasteiger partial charge in [-0.3, -0.25) is 0 Å². The molecule has 0 aliphatic rings. The maximum absolute atomic E-state index is 14.0. The molecule has 3 nitrogen and oxygen atoms in total. The Morgan fingerprint density at radius 3 is 2.45 bits per heavy atom. The molecule has 0 spiro atoms.